The Labute approximate surface area is 92.8 Å². The summed E-state index contributed by atoms with van der Waals surface area (Å²) in [5.74, 6) is 0. The van der Waals surface area contributed by atoms with Crippen LogP contribution in [-0.4, -0.2) is 21.3 Å². The lowest BCUT2D eigenvalue weighted by atomic mass is 9.99. The second-order valence-electron chi connectivity index (χ2n) is 3.66. The molecule has 1 aromatic heterocycles. The van der Waals surface area contributed by atoms with Crippen LogP contribution in [0.4, 0.5) is 0 Å². The largest absolute Gasteiger partial charge is 0.389 e. The molecule has 4 nitrogen and oxygen atoms in total. The molecule has 2 unspecified atom stereocenters. The topological polar surface area (TPSA) is 80.0 Å². The molecule has 0 aliphatic carbocycles. The zero-order valence-electron chi connectivity index (χ0n) is 8.59. The second-order valence-corrected chi connectivity index (χ2v) is 3.66. The highest BCUT2D eigenvalue weighted by molar-refractivity contribution is 5.83. The van der Waals surface area contributed by atoms with Crippen molar-refractivity contribution >= 4 is 10.9 Å². The smallest absolute Gasteiger partial charge is 0.107 e. The zero-order chi connectivity index (χ0) is 11.5. The van der Waals surface area contributed by atoms with Gasteiger partial charge in [0.15, 0.2) is 0 Å². The number of hydrogen-bond acceptors (Lipinski definition) is 3. The molecule has 2 rings (SSSR count). The van der Waals surface area contributed by atoms with Crippen LogP contribution in [0.3, 0.4) is 0 Å². The van der Waals surface area contributed by atoms with Gasteiger partial charge < -0.3 is 15.2 Å². The molecule has 0 saturated heterocycles. The van der Waals surface area contributed by atoms with E-state index in [1.165, 1.54) is 0 Å². The van der Waals surface area contributed by atoms with Gasteiger partial charge in [-0.2, -0.15) is 5.26 Å². The molecule has 2 aromatic rings. The third kappa shape index (κ3) is 1.78. The highest BCUT2D eigenvalue weighted by Gasteiger charge is 2.20. The monoisotopic (exact) mass is 216 g/mol. The minimum Gasteiger partial charge on any atom is -0.389 e. The van der Waals surface area contributed by atoms with Gasteiger partial charge in [0.2, 0.25) is 0 Å². The number of rotatable bonds is 3. The van der Waals surface area contributed by atoms with E-state index >= 15 is 0 Å². The molecule has 0 spiro atoms. The van der Waals surface area contributed by atoms with E-state index in [0.717, 1.165) is 10.9 Å². The lowest BCUT2D eigenvalue weighted by Gasteiger charge is -2.16. The quantitative estimate of drug-likeness (QED) is 0.726. The van der Waals surface area contributed by atoms with Crippen molar-refractivity contribution < 1.29 is 10.2 Å². The maximum atomic E-state index is 9.92. The van der Waals surface area contributed by atoms with Crippen LogP contribution in [0.25, 0.3) is 10.9 Å². The van der Waals surface area contributed by atoms with Crippen molar-refractivity contribution in [1.82, 2.24) is 4.98 Å². The number of aliphatic hydroxyl groups is 2. The van der Waals surface area contributed by atoms with E-state index < -0.39 is 12.2 Å². The lowest BCUT2D eigenvalue weighted by molar-refractivity contribution is 0.0225. The number of nitriles is 1. The summed E-state index contributed by atoms with van der Waals surface area (Å²) in [6.07, 6.45) is -0.385. The van der Waals surface area contributed by atoms with Gasteiger partial charge in [-0.25, -0.2) is 0 Å². The number of fused-ring (bicyclic) bond motifs is 1. The van der Waals surface area contributed by atoms with Gasteiger partial charge in [-0.05, 0) is 17.7 Å². The minimum atomic E-state index is -1.05. The third-order valence-electron chi connectivity index (χ3n) is 2.61. The highest BCUT2D eigenvalue weighted by atomic mass is 16.3. The minimum absolute atomic E-state index is 0.0814. The summed E-state index contributed by atoms with van der Waals surface area (Å²) in [7, 11) is 0. The van der Waals surface area contributed by atoms with Gasteiger partial charge in [-0.15, -0.1) is 0 Å². The van der Waals surface area contributed by atoms with E-state index in [-0.39, 0.29) is 6.42 Å². The highest BCUT2D eigenvalue weighted by Crippen LogP contribution is 2.26. The molecular formula is C12H12N2O2. The molecule has 0 aliphatic rings. The van der Waals surface area contributed by atoms with E-state index in [1.54, 1.807) is 18.3 Å². The maximum absolute atomic E-state index is 9.92. The number of hydrogen-bond donors (Lipinski definition) is 3. The molecule has 3 N–H and O–H groups in total. The van der Waals surface area contributed by atoms with Crippen LogP contribution in [0.2, 0.25) is 0 Å². The molecular weight excluding hydrogens is 204 g/mol. The van der Waals surface area contributed by atoms with Crippen molar-refractivity contribution in [2.24, 2.45) is 0 Å². The number of aromatic amines is 1. The molecule has 0 aliphatic heterocycles. The first-order valence-electron chi connectivity index (χ1n) is 5.03. The Morgan fingerprint density at radius 2 is 2.12 bits per heavy atom. The van der Waals surface area contributed by atoms with Crippen LogP contribution in [0, 0.1) is 11.3 Å². The van der Waals surface area contributed by atoms with Gasteiger partial charge in [0, 0.05) is 17.1 Å². The fraction of sp³-hybridized carbons (Fsp3) is 0.250. The maximum Gasteiger partial charge on any atom is 0.107 e. The number of H-pyrrole nitrogens is 1. The molecule has 0 saturated carbocycles. The number of nitrogens with one attached hydrogen (secondary N) is 1. The summed E-state index contributed by atoms with van der Waals surface area (Å²) >= 11 is 0. The van der Waals surface area contributed by atoms with E-state index in [1.807, 2.05) is 18.2 Å². The average Bonchev–Trinajstić information content (AvgIpc) is 2.76. The number of aromatic nitrogens is 1. The number of benzene rings is 1. The Hall–Kier alpha value is -1.83. The van der Waals surface area contributed by atoms with Crippen LogP contribution in [0.1, 0.15) is 18.1 Å². The van der Waals surface area contributed by atoms with E-state index in [0.29, 0.717) is 5.56 Å². The Kier molecular flexibility index (Phi) is 2.91. The van der Waals surface area contributed by atoms with Crippen molar-refractivity contribution in [2.75, 3.05) is 0 Å². The summed E-state index contributed by atoms with van der Waals surface area (Å²) < 4.78 is 0. The van der Waals surface area contributed by atoms with Crippen molar-refractivity contribution in [3.8, 4) is 6.07 Å². The van der Waals surface area contributed by atoms with Crippen LogP contribution in [0.5, 0.6) is 0 Å². The first-order chi connectivity index (χ1) is 7.74. The molecule has 0 fully saturated rings. The molecule has 1 heterocycles. The first-order valence-corrected chi connectivity index (χ1v) is 5.03. The van der Waals surface area contributed by atoms with Crippen molar-refractivity contribution in [1.29, 1.82) is 5.26 Å². The Morgan fingerprint density at radius 3 is 2.88 bits per heavy atom. The van der Waals surface area contributed by atoms with Gasteiger partial charge in [-0.3, -0.25) is 0 Å². The summed E-state index contributed by atoms with van der Waals surface area (Å²) in [6.45, 7) is 0. The first kappa shape index (κ1) is 10.7. The predicted octanol–water partition coefficient (Wildman–Crippen LogP) is 1.48. The number of aliphatic hydroxyl groups excluding tert-OH is 2. The summed E-state index contributed by atoms with van der Waals surface area (Å²) in [5, 5.41) is 28.9. The van der Waals surface area contributed by atoms with Crippen LogP contribution in [-0.2, 0) is 0 Å². The van der Waals surface area contributed by atoms with E-state index in [9.17, 15) is 10.2 Å². The summed E-state index contributed by atoms with van der Waals surface area (Å²) in [6, 6.07) is 9.13. The Balaban J connectivity index is 2.39. The Morgan fingerprint density at radius 1 is 1.31 bits per heavy atom. The van der Waals surface area contributed by atoms with Gasteiger partial charge in [0.1, 0.15) is 6.10 Å². The molecule has 0 radical (unpaired) electrons. The predicted molar refractivity (Wildman–Crippen MR) is 59.5 cm³/mol. The molecule has 1 aromatic carbocycles. The SMILES string of the molecule is N#CCC(O)C(O)c1cccc2[nH]ccc12. The second kappa shape index (κ2) is 4.35. The normalized spacial score (nSPS) is 14.6. The standard InChI is InChI=1S/C12H12N2O2/c13-6-4-11(15)12(16)9-2-1-3-10-8(9)5-7-14-10/h1-3,5,7,11-12,14-16H,4H2. The zero-order valence-corrected chi connectivity index (χ0v) is 8.59. The molecule has 82 valence electrons. The third-order valence-corrected chi connectivity index (χ3v) is 2.61. The average molecular weight is 216 g/mol. The van der Waals surface area contributed by atoms with E-state index in [2.05, 4.69) is 4.98 Å². The van der Waals surface area contributed by atoms with E-state index in [4.69, 9.17) is 5.26 Å². The summed E-state index contributed by atoms with van der Waals surface area (Å²) in [5.41, 5.74) is 1.54. The van der Waals surface area contributed by atoms with Crippen LogP contribution in [0.15, 0.2) is 30.5 Å². The number of nitrogens with zero attached hydrogens (tertiary/aromatic N) is 1. The van der Waals surface area contributed by atoms with Gasteiger partial charge in [-0.1, -0.05) is 12.1 Å². The van der Waals surface area contributed by atoms with Crippen molar-refractivity contribution in [2.45, 2.75) is 18.6 Å². The van der Waals surface area contributed by atoms with Crippen LogP contribution >= 0.6 is 0 Å². The lowest BCUT2D eigenvalue weighted by Crippen LogP contribution is -2.17. The van der Waals surface area contributed by atoms with Gasteiger partial charge in [0.05, 0.1) is 18.6 Å². The Bertz CT molecular complexity index is 527. The fourth-order valence-electron chi connectivity index (χ4n) is 1.78. The van der Waals surface area contributed by atoms with Gasteiger partial charge in [0.25, 0.3) is 0 Å². The molecule has 4 heteroatoms. The van der Waals surface area contributed by atoms with Gasteiger partial charge >= 0.3 is 0 Å². The molecule has 16 heavy (non-hydrogen) atoms. The van der Waals surface area contributed by atoms with Crippen LogP contribution < -0.4 is 0 Å². The molecule has 0 amide bonds. The van der Waals surface area contributed by atoms with Crippen molar-refractivity contribution in [3.63, 3.8) is 0 Å². The fourth-order valence-corrected chi connectivity index (χ4v) is 1.78. The molecule has 0 bridgehead atoms. The summed E-state index contributed by atoms with van der Waals surface area (Å²) in [4.78, 5) is 3.03. The molecule has 2 atom stereocenters. The van der Waals surface area contributed by atoms with Crippen molar-refractivity contribution in [3.05, 3.63) is 36.0 Å².